The fraction of sp³-hybridized carbons (Fsp3) is 0.278. The summed E-state index contributed by atoms with van der Waals surface area (Å²) in [6.45, 7) is 1.31. The highest BCUT2D eigenvalue weighted by molar-refractivity contribution is 7.92. The Morgan fingerprint density at radius 1 is 1.27 bits per heavy atom. The Hall–Kier alpha value is -3.05. The molecular formula is C18H18ClN5O5S. The van der Waals surface area contributed by atoms with Gasteiger partial charge in [0.15, 0.2) is 0 Å². The number of likely N-dealkylation sites (tertiary alicyclic amines) is 1. The predicted molar refractivity (Wildman–Crippen MR) is 108 cm³/mol. The Morgan fingerprint density at radius 2 is 2.03 bits per heavy atom. The topological polar surface area (TPSA) is 130 Å². The highest BCUT2D eigenvalue weighted by atomic mass is 35.5. The molecule has 158 valence electrons. The standard InChI is InChI=1S/C18H18ClN5O5S/c1-28-15-5-4-11(8-13(15)19)23-30(26,27)12-9-14(20-10-12)16-21-22-17(29-16)18(25)24-6-2-3-7-24/h4-5,8-10,20,23H,2-3,6-7H2,1H3. The van der Waals surface area contributed by atoms with Gasteiger partial charge < -0.3 is 19.0 Å². The van der Waals surface area contributed by atoms with Crippen molar-refractivity contribution >= 4 is 33.2 Å². The van der Waals surface area contributed by atoms with Crippen LogP contribution in [0, 0.1) is 0 Å². The van der Waals surface area contributed by atoms with E-state index in [0.29, 0.717) is 18.8 Å². The zero-order valence-corrected chi connectivity index (χ0v) is 17.5. The van der Waals surface area contributed by atoms with Gasteiger partial charge in [0.25, 0.3) is 15.9 Å². The molecule has 3 heterocycles. The maximum absolute atomic E-state index is 12.7. The van der Waals surface area contributed by atoms with E-state index in [2.05, 4.69) is 19.9 Å². The van der Waals surface area contributed by atoms with Crippen LogP contribution in [-0.2, 0) is 10.0 Å². The second-order valence-corrected chi connectivity index (χ2v) is 8.71. The number of carbonyl (C=O) groups is 1. The van der Waals surface area contributed by atoms with Crippen molar-refractivity contribution in [1.29, 1.82) is 0 Å². The molecule has 0 saturated carbocycles. The van der Waals surface area contributed by atoms with Gasteiger partial charge in [0, 0.05) is 19.3 Å². The predicted octanol–water partition coefficient (Wildman–Crippen LogP) is 2.76. The summed E-state index contributed by atoms with van der Waals surface area (Å²) < 4.78 is 38.3. The number of hydrogen-bond donors (Lipinski definition) is 2. The first kappa shape index (κ1) is 20.2. The molecule has 1 aliphatic rings. The largest absolute Gasteiger partial charge is 0.495 e. The van der Waals surface area contributed by atoms with Crippen molar-refractivity contribution in [2.24, 2.45) is 0 Å². The van der Waals surface area contributed by atoms with E-state index < -0.39 is 10.0 Å². The quantitative estimate of drug-likeness (QED) is 0.589. The molecule has 1 amide bonds. The lowest BCUT2D eigenvalue weighted by Crippen LogP contribution is -2.27. The molecular weight excluding hydrogens is 434 g/mol. The van der Waals surface area contributed by atoms with E-state index in [1.165, 1.54) is 31.5 Å². The third-order valence-electron chi connectivity index (χ3n) is 4.60. The highest BCUT2D eigenvalue weighted by Crippen LogP contribution is 2.29. The van der Waals surface area contributed by atoms with Gasteiger partial charge in [0.1, 0.15) is 16.3 Å². The van der Waals surface area contributed by atoms with Crippen molar-refractivity contribution in [2.75, 3.05) is 24.9 Å². The van der Waals surface area contributed by atoms with Gasteiger partial charge in [0.05, 0.1) is 17.8 Å². The minimum Gasteiger partial charge on any atom is -0.495 e. The lowest BCUT2D eigenvalue weighted by molar-refractivity contribution is 0.0754. The van der Waals surface area contributed by atoms with Crippen LogP contribution in [-0.4, -0.2) is 54.6 Å². The van der Waals surface area contributed by atoms with Gasteiger partial charge in [-0.3, -0.25) is 9.52 Å². The molecule has 30 heavy (non-hydrogen) atoms. The summed E-state index contributed by atoms with van der Waals surface area (Å²) in [6.07, 6.45) is 3.17. The van der Waals surface area contributed by atoms with Crippen LogP contribution >= 0.6 is 11.6 Å². The first-order valence-electron chi connectivity index (χ1n) is 9.05. The summed E-state index contributed by atoms with van der Waals surface area (Å²) in [5.74, 6) is -0.00804. The number of benzene rings is 1. The van der Waals surface area contributed by atoms with Crippen LogP contribution in [0.4, 0.5) is 5.69 Å². The molecule has 0 bridgehead atoms. The molecule has 1 aromatic carbocycles. The molecule has 3 aromatic rings. The summed E-state index contributed by atoms with van der Waals surface area (Å²) in [5, 5.41) is 7.90. The van der Waals surface area contributed by atoms with Gasteiger partial charge in [-0.15, -0.1) is 10.2 Å². The number of methoxy groups -OCH3 is 1. The van der Waals surface area contributed by atoms with Crippen LogP contribution in [0.25, 0.3) is 11.6 Å². The summed E-state index contributed by atoms with van der Waals surface area (Å²) in [4.78, 5) is 16.7. The minimum absolute atomic E-state index is 0.0199. The lowest BCUT2D eigenvalue weighted by atomic mass is 10.3. The second kappa shape index (κ2) is 8.00. The molecule has 0 atom stereocenters. The lowest BCUT2D eigenvalue weighted by Gasteiger charge is -2.11. The van der Waals surface area contributed by atoms with Crippen molar-refractivity contribution < 1.29 is 22.4 Å². The van der Waals surface area contributed by atoms with Crippen molar-refractivity contribution in [3.05, 3.63) is 41.4 Å². The molecule has 2 N–H and O–H groups in total. The van der Waals surface area contributed by atoms with Crippen LogP contribution < -0.4 is 9.46 Å². The van der Waals surface area contributed by atoms with Crippen LogP contribution in [0.15, 0.2) is 39.8 Å². The zero-order chi connectivity index (χ0) is 21.3. The van der Waals surface area contributed by atoms with E-state index in [9.17, 15) is 13.2 Å². The number of aromatic nitrogens is 3. The number of nitrogens with one attached hydrogen (secondary N) is 2. The zero-order valence-electron chi connectivity index (χ0n) is 15.9. The van der Waals surface area contributed by atoms with Crippen molar-refractivity contribution in [1.82, 2.24) is 20.1 Å². The highest BCUT2D eigenvalue weighted by Gasteiger charge is 2.26. The summed E-state index contributed by atoms with van der Waals surface area (Å²) in [5.41, 5.74) is 0.552. The molecule has 1 fully saturated rings. The Balaban J connectivity index is 1.52. The summed E-state index contributed by atoms with van der Waals surface area (Å²) in [6, 6.07) is 5.87. The Morgan fingerprint density at radius 3 is 2.73 bits per heavy atom. The first-order valence-corrected chi connectivity index (χ1v) is 10.9. The molecule has 0 unspecified atom stereocenters. The SMILES string of the molecule is COc1ccc(NS(=O)(=O)c2c[nH]c(-c3nnc(C(=O)N4CCCC4)o3)c2)cc1Cl. The summed E-state index contributed by atoms with van der Waals surface area (Å²) >= 11 is 6.04. The number of amides is 1. The van der Waals surface area contributed by atoms with E-state index in [1.54, 1.807) is 11.0 Å². The Labute approximate surface area is 177 Å². The number of sulfonamides is 1. The fourth-order valence-electron chi connectivity index (χ4n) is 3.07. The third-order valence-corrected chi connectivity index (χ3v) is 6.26. The Kier molecular flexibility index (Phi) is 5.39. The molecule has 1 aliphatic heterocycles. The number of nitrogens with zero attached hydrogens (tertiary/aromatic N) is 3. The van der Waals surface area contributed by atoms with Gasteiger partial charge >= 0.3 is 11.8 Å². The number of H-pyrrole nitrogens is 1. The van der Waals surface area contributed by atoms with E-state index in [1.807, 2.05) is 0 Å². The van der Waals surface area contributed by atoms with Crippen molar-refractivity contribution in [2.45, 2.75) is 17.7 Å². The second-order valence-electron chi connectivity index (χ2n) is 6.62. The molecule has 12 heteroatoms. The number of aromatic amines is 1. The normalized spacial score (nSPS) is 14.1. The molecule has 0 aliphatic carbocycles. The average Bonchev–Trinajstić information content (AvgIpc) is 3.48. The first-order chi connectivity index (χ1) is 14.4. The van der Waals surface area contributed by atoms with Crippen LogP contribution in [0.3, 0.4) is 0 Å². The third kappa shape index (κ3) is 3.98. The fourth-order valence-corrected chi connectivity index (χ4v) is 4.37. The maximum atomic E-state index is 12.7. The van der Waals surface area contributed by atoms with Gasteiger partial charge in [-0.25, -0.2) is 8.42 Å². The average molecular weight is 452 g/mol. The van der Waals surface area contributed by atoms with Gasteiger partial charge in [-0.1, -0.05) is 11.6 Å². The van der Waals surface area contributed by atoms with E-state index in [0.717, 1.165) is 12.8 Å². The van der Waals surface area contributed by atoms with Crippen LogP contribution in [0.1, 0.15) is 23.5 Å². The van der Waals surface area contributed by atoms with Crippen LogP contribution in [0.5, 0.6) is 5.75 Å². The number of rotatable bonds is 6. The van der Waals surface area contributed by atoms with Crippen molar-refractivity contribution in [3.63, 3.8) is 0 Å². The van der Waals surface area contributed by atoms with Crippen LogP contribution in [0.2, 0.25) is 5.02 Å². The maximum Gasteiger partial charge on any atom is 0.311 e. The number of ether oxygens (including phenoxy) is 1. The van der Waals surface area contributed by atoms with E-state index in [4.69, 9.17) is 20.8 Å². The number of anilines is 1. The van der Waals surface area contributed by atoms with Crippen molar-refractivity contribution in [3.8, 4) is 17.3 Å². The van der Waals surface area contributed by atoms with Gasteiger partial charge in [0.2, 0.25) is 0 Å². The molecule has 1 saturated heterocycles. The molecule has 10 nitrogen and oxygen atoms in total. The van der Waals surface area contributed by atoms with E-state index >= 15 is 0 Å². The number of hydrogen-bond acceptors (Lipinski definition) is 7. The summed E-state index contributed by atoms with van der Waals surface area (Å²) in [7, 11) is -2.44. The molecule has 2 aromatic heterocycles. The molecule has 4 rings (SSSR count). The van der Waals surface area contributed by atoms with E-state index in [-0.39, 0.29) is 39.0 Å². The molecule has 0 radical (unpaired) electrons. The minimum atomic E-state index is -3.91. The monoisotopic (exact) mass is 451 g/mol. The van der Waals surface area contributed by atoms with Gasteiger partial charge in [-0.05, 0) is 37.1 Å². The smallest absolute Gasteiger partial charge is 0.311 e. The number of carbonyl (C=O) groups excluding carboxylic acids is 1. The molecule has 0 spiro atoms. The van der Waals surface area contributed by atoms with Gasteiger partial charge in [-0.2, -0.15) is 0 Å². The number of halogens is 1. The Bertz CT molecular complexity index is 1180.